The molecule has 27 heavy (non-hydrogen) atoms. The SMILES string of the molecule is Cl.O=C(NCC1(c2cccc(C(F)(F)F)c2)CCCCC1)C1CNCCO1. The molecule has 8 heteroatoms. The zero-order valence-corrected chi connectivity index (χ0v) is 15.9. The molecular weight excluding hydrogens is 381 g/mol. The molecule has 1 amide bonds. The summed E-state index contributed by atoms with van der Waals surface area (Å²) in [5.74, 6) is -0.200. The first-order valence-corrected chi connectivity index (χ1v) is 9.19. The second-order valence-electron chi connectivity index (χ2n) is 7.20. The fourth-order valence-electron chi connectivity index (χ4n) is 3.93. The Balaban J connectivity index is 0.00000261. The van der Waals surface area contributed by atoms with E-state index in [4.69, 9.17) is 4.74 Å². The molecule has 1 unspecified atom stereocenters. The van der Waals surface area contributed by atoms with Crippen molar-refractivity contribution in [2.75, 3.05) is 26.2 Å². The fourth-order valence-corrected chi connectivity index (χ4v) is 3.93. The lowest BCUT2D eigenvalue weighted by Gasteiger charge is -2.39. The molecule has 0 bridgehead atoms. The summed E-state index contributed by atoms with van der Waals surface area (Å²) in [5, 5.41) is 6.04. The molecule has 152 valence electrons. The van der Waals surface area contributed by atoms with Crippen LogP contribution in [0.5, 0.6) is 0 Å². The molecule has 0 radical (unpaired) electrons. The zero-order valence-electron chi connectivity index (χ0n) is 15.1. The van der Waals surface area contributed by atoms with E-state index in [1.54, 1.807) is 6.07 Å². The standard InChI is InChI=1S/C19H25F3N2O2.ClH/c20-19(21,22)15-6-4-5-14(11-15)18(7-2-1-3-8-18)13-24-17(25)16-12-23-9-10-26-16;/h4-6,11,16,23H,1-3,7-10,12-13H2,(H,24,25);1H. The van der Waals surface area contributed by atoms with E-state index in [0.717, 1.165) is 44.7 Å². The van der Waals surface area contributed by atoms with Crippen LogP contribution in [0, 0.1) is 0 Å². The molecule has 1 aliphatic carbocycles. The Bertz CT molecular complexity index is 628. The van der Waals surface area contributed by atoms with Crippen LogP contribution in [-0.4, -0.2) is 38.3 Å². The van der Waals surface area contributed by atoms with Gasteiger partial charge in [0, 0.05) is 25.0 Å². The monoisotopic (exact) mass is 406 g/mol. The van der Waals surface area contributed by atoms with Gasteiger partial charge in [0.25, 0.3) is 0 Å². The van der Waals surface area contributed by atoms with Gasteiger partial charge in [-0.05, 0) is 24.5 Å². The maximum atomic E-state index is 13.1. The maximum absolute atomic E-state index is 13.1. The second kappa shape index (κ2) is 9.26. The summed E-state index contributed by atoms with van der Waals surface area (Å²) in [6.07, 6.45) is -0.371. The van der Waals surface area contributed by atoms with E-state index in [1.807, 2.05) is 0 Å². The van der Waals surface area contributed by atoms with Crippen LogP contribution in [0.4, 0.5) is 13.2 Å². The van der Waals surface area contributed by atoms with Crippen molar-refractivity contribution in [3.63, 3.8) is 0 Å². The van der Waals surface area contributed by atoms with Crippen molar-refractivity contribution in [1.82, 2.24) is 10.6 Å². The number of alkyl halides is 3. The molecule has 1 aromatic carbocycles. The highest BCUT2D eigenvalue weighted by Crippen LogP contribution is 2.41. The first-order chi connectivity index (χ1) is 12.4. The summed E-state index contributed by atoms with van der Waals surface area (Å²) in [7, 11) is 0. The molecule has 1 aliphatic heterocycles. The molecular formula is C19H26ClF3N2O2. The first-order valence-electron chi connectivity index (χ1n) is 9.19. The summed E-state index contributed by atoms with van der Waals surface area (Å²) in [6.45, 7) is 2.00. The summed E-state index contributed by atoms with van der Waals surface area (Å²) in [4.78, 5) is 12.4. The topological polar surface area (TPSA) is 50.4 Å². The van der Waals surface area contributed by atoms with E-state index in [0.29, 0.717) is 25.3 Å². The third-order valence-corrected chi connectivity index (χ3v) is 5.43. The number of hydrogen-bond donors (Lipinski definition) is 2. The number of rotatable bonds is 4. The summed E-state index contributed by atoms with van der Waals surface area (Å²) in [6, 6.07) is 5.56. The minimum absolute atomic E-state index is 0. The summed E-state index contributed by atoms with van der Waals surface area (Å²) < 4.78 is 44.8. The van der Waals surface area contributed by atoms with Crippen molar-refractivity contribution in [2.24, 2.45) is 0 Å². The second-order valence-corrected chi connectivity index (χ2v) is 7.20. The fraction of sp³-hybridized carbons (Fsp3) is 0.632. The highest BCUT2D eigenvalue weighted by atomic mass is 35.5. The zero-order chi connectivity index (χ0) is 18.6. The van der Waals surface area contributed by atoms with Gasteiger partial charge in [0.2, 0.25) is 5.91 Å². The quantitative estimate of drug-likeness (QED) is 0.805. The number of benzene rings is 1. The summed E-state index contributed by atoms with van der Waals surface area (Å²) >= 11 is 0. The van der Waals surface area contributed by atoms with Crippen LogP contribution in [0.15, 0.2) is 24.3 Å². The molecule has 0 aromatic heterocycles. The molecule has 2 aliphatic rings. The van der Waals surface area contributed by atoms with E-state index in [2.05, 4.69) is 10.6 Å². The average Bonchev–Trinajstić information content (AvgIpc) is 2.67. The van der Waals surface area contributed by atoms with Gasteiger partial charge in [-0.2, -0.15) is 13.2 Å². The highest BCUT2D eigenvalue weighted by molar-refractivity contribution is 5.85. The van der Waals surface area contributed by atoms with Crippen molar-refractivity contribution < 1.29 is 22.7 Å². The molecule has 1 atom stereocenters. The van der Waals surface area contributed by atoms with Gasteiger partial charge in [-0.25, -0.2) is 0 Å². The lowest BCUT2D eigenvalue weighted by atomic mass is 9.69. The van der Waals surface area contributed by atoms with Crippen LogP contribution in [0.25, 0.3) is 0 Å². The van der Waals surface area contributed by atoms with Gasteiger partial charge in [0.15, 0.2) is 0 Å². The Hall–Kier alpha value is -1.31. The predicted molar refractivity (Wildman–Crippen MR) is 99.1 cm³/mol. The van der Waals surface area contributed by atoms with Gasteiger partial charge in [-0.3, -0.25) is 4.79 Å². The molecule has 1 aromatic rings. The Labute approximate surface area is 163 Å². The number of carbonyl (C=O) groups is 1. The normalized spacial score (nSPS) is 22.6. The van der Waals surface area contributed by atoms with Gasteiger partial charge >= 0.3 is 6.18 Å². The Morgan fingerprint density at radius 2 is 2.00 bits per heavy atom. The molecule has 2 fully saturated rings. The van der Waals surface area contributed by atoms with E-state index in [1.165, 1.54) is 12.1 Å². The molecule has 4 nitrogen and oxygen atoms in total. The number of carbonyl (C=O) groups excluding carboxylic acids is 1. The number of ether oxygens (including phenoxy) is 1. The molecule has 1 heterocycles. The lowest BCUT2D eigenvalue weighted by Crippen LogP contribution is -2.51. The van der Waals surface area contributed by atoms with E-state index in [-0.39, 0.29) is 18.3 Å². The van der Waals surface area contributed by atoms with E-state index >= 15 is 0 Å². The van der Waals surface area contributed by atoms with Gasteiger partial charge < -0.3 is 15.4 Å². The third-order valence-electron chi connectivity index (χ3n) is 5.43. The van der Waals surface area contributed by atoms with Crippen molar-refractivity contribution in [1.29, 1.82) is 0 Å². The van der Waals surface area contributed by atoms with Crippen molar-refractivity contribution in [3.8, 4) is 0 Å². The number of nitrogens with one attached hydrogen (secondary N) is 2. The van der Waals surface area contributed by atoms with Crippen molar-refractivity contribution in [2.45, 2.75) is 49.8 Å². The van der Waals surface area contributed by atoms with Crippen LogP contribution in [0.1, 0.15) is 43.2 Å². The Morgan fingerprint density at radius 1 is 1.26 bits per heavy atom. The van der Waals surface area contributed by atoms with Crippen LogP contribution < -0.4 is 10.6 Å². The molecule has 1 saturated heterocycles. The van der Waals surface area contributed by atoms with Gasteiger partial charge in [0.1, 0.15) is 6.10 Å². The summed E-state index contributed by atoms with van der Waals surface area (Å²) in [5.41, 5.74) is -0.418. The third kappa shape index (κ3) is 5.36. The van der Waals surface area contributed by atoms with Crippen LogP contribution in [-0.2, 0) is 21.1 Å². The van der Waals surface area contributed by atoms with Crippen molar-refractivity contribution >= 4 is 18.3 Å². The van der Waals surface area contributed by atoms with Gasteiger partial charge in [-0.1, -0.05) is 37.5 Å². The Morgan fingerprint density at radius 3 is 2.63 bits per heavy atom. The molecule has 0 spiro atoms. The number of halogens is 4. The number of hydrogen-bond acceptors (Lipinski definition) is 3. The first kappa shape index (κ1) is 22.0. The van der Waals surface area contributed by atoms with Crippen LogP contribution in [0.3, 0.4) is 0 Å². The average molecular weight is 407 g/mol. The number of amides is 1. The lowest BCUT2D eigenvalue weighted by molar-refractivity contribution is -0.138. The minimum Gasteiger partial charge on any atom is -0.366 e. The Kier molecular flexibility index (Phi) is 7.54. The maximum Gasteiger partial charge on any atom is 0.416 e. The molecule has 3 rings (SSSR count). The number of morpholine rings is 1. The van der Waals surface area contributed by atoms with E-state index in [9.17, 15) is 18.0 Å². The molecule has 2 N–H and O–H groups in total. The van der Waals surface area contributed by atoms with Gasteiger partial charge in [0.05, 0.1) is 12.2 Å². The van der Waals surface area contributed by atoms with Gasteiger partial charge in [-0.15, -0.1) is 12.4 Å². The minimum atomic E-state index is -4.36. The van der Waals surface area contributed by atoms with Crippen molar-refractivity contribution in [3.05, 3.63) is 35.4 Å². The van der Waals surface area contributed by atoms with E-state index < -0.39 is 23.3 Å². The highest BCUT2D eigenvalue weighted by Gasteiger charge is 2.37. The largest absolute Gasteiger partial charge is 0.416 e. The smallest absolute Gasteiger partial charge is 0.366 e. The van der Waals surface area contributed by atoms with Crippen LogP contribution in [0.2, 0.25) is 0 Å². The van der Waals surface area contributed by atoms with Crippen LogP contribution >= 0.6 is 12.4 Å². The predicted octanol–water partition coefficient (Wildman–Crippen LogP) is 3.43. The molecule has 1 saturated carbocycles.